The molecule has 0 saturated heterocycles. The van der Waals surface area contributed by atoms with Crippen molar-refractivity contribution < 1.29 is 4.74 Å². The van der Waals surface area contributed by atoms with E-state index < -0.39 is 0 Å². The highest BCUT2D eigenvalue weighted by Gasteiger charge is 2.42. The highest BCUT2D eigenvalue weighted by molar-refractivity contribution is 6.25. The maximum Gasteiger partial charge on any atom is 0.151 e. The summed E-state index contributed by atoms with van der Waals surface area (Å²) in [5.41, 5.74) is 12.6. The molecule has 0 saturated carbocycles. The van der Waals surface area contributed by atoms with Crippen LogP contribution in [0, 0.1) is 6.92 Å². The van der Waals surface area contributed by atoms with Crippen molar-refractivity contribution in [2.45, 2.75) is 26.2 Å². The Bertz CT molecular complexity index is 2960. The van der Waals surface area contributed by atoms with Gasteiger partial charge < -0.3 is 14.5 Å². The lowest BCUT2D eigenvalue weighted by Gasteiger charge is -2.45. The number of rotatable bonds is 4. The number of aryl methyl sites for hydroxylation is 1. The van der Waals surface area contributed by atoms with E-state index in [2.05, 4.69) is 206 Å². The minimum atomic E-state index is -0.246. The zero-order chi connectivity index (χ0) is 36.8. The van der Waals surface area contributed by atoms with Gasteiger partial charge in [0.2, 0.25) is 0 Å². The molecule has 11 rings (SSSR count). The number of benzene rings is 9. The standard InChI is InChI=1S/C52H38N2O/c1-33-13-11-21-48-50(33)54-47-32-38(28-30-45(47)52(2,3)46-20-12-22-49(55-48)51(46)54)53(36-25-23-35(24-26-36)34-14-5-4-6-15-34)37-27-29-43-41-18-8-7-16-39(41)40-17-9-10-19-42(40)44(43)31-37/h4-32H,1-3H3. The van der Waals surface area contributed by atoms with Crippen LogP contribution in [0.5, 0.6) is 11.5 Å². The van der Waals surface area contributed by atoms with E-state index in [1.807, 2.05) is 0 Å². The van der Waals surface area contributed by atoms with E-state index in [0.29, 0.717) is 0 Å². The van der Waals surface area contributed by atoms with Gasteiger partial charge in [0.25, 0.3) is 0 Å². The molecule has 0 N–H and O–H groups in total. The first-order valence-corrected chi connectivity index (χ1v) is 19.1. The van der Waals surface area contributed by atoms with Crippen molar-refractivity contribution in [2.75, 3.05) is 9.80 Å². The Kier molecular flexibility index (Phi) is 6.81. The van der Waals surface area contributed by atoms with E-state index in [-0.39, 0.29) is 5.41 Å². The summed E-state index contributed by atoms with van der Waals surface area (Å²) in [6.07, 6.45) is 0. The summed E-state index contributed by atoms with van der Waals surface area (Å²) >= 11 is 0. The fraction of sp³-hybridized carbons (Fsp3) is 0.0769. The van der Waals surface area contributed by atoms with E-state index in [1.165, 1.54) is 65.8 Å². The van der Waals surface area contributed by atoms with Crippen molar-refractivity contribution >= 4 is 66.4 Å². The number of anilines is 6. The molecule has 55 heavy (non-hydrogen) atoms. The number of nitrogens with zero attached hydrogens (tertiary/aromatic N) is 2. The summed E-state index contributed by atoms with van der Waals surface area (Å²) in [6.45, 7) is 6.86. The zero-order valence-corrected chi connectivity index (χ0v) is 31.0. The van der Waals surface area contributed by atoms with Gasteiger partial charge in [-0.05, 0) is 116 Å². The Morgan fingerprint density at radius 1 is 0.436 bits per heavy atom. The summed E-state index contributed by atoms with van der Waals surface area (Å²) < 4.78 is 6.63. The molecular formula is C52H38N2O. The van der Waals surface area contributed by atoms with Crippen molar-refractivity contribution in [1.82, 2.24) is 0 Å². The third-order valence-corrected chi connectivity index (χ3v) is 11.9. The average Bonchev–Trinajstić information content (AvgIpc) is 3.23. The Hall–Kier alpha value is -6.84. The van der Waals surface area contributed by atoms with Gasteiger partial charge in [0, 0.05) is 22.5 Å². The minimum Gasteiger partial charge on any atom is -0.453 e. The Morgan fingerprint density at radius 2 is 0.982 bits per heavy atom. The second-order valence-electron chi connectivity index (χ2n) is 15.4. The molecule has 0 atom stereocenters. The van der Waals surface area contributed by atoms with E-state index in [4.69, 9.17) is 4.74 Å². The van der Waals surface area contributed by atoms with Gasteiger partial charge in [-0.1, -0.05) is 141 Å². The number of fused-ring (bicyclic) bond motifs is 10. The fourth-order valence-electron chi connectivity index (χ4n) is 9.24. The normalized spacial score (nSPS) is 13.6. The van der Waals surface area contributed by atoms with Crippen molar-refractivity contribution in [2.24, 2.45) is 0 Å². The largest absolute Gasteiger partial charge is 0.453 e. The van der Waals surface area contributed by atoms with E-state index >= 15 is 0 Å². The molecule has 2 aliphatic rings. The van der Waals surface area contributed by atoms with Crippen LogP contribution in [-0.2, 0) is 5.41 Å². The summed E-state index contributed by atoms with van der Waals surface area (Å²) in [4.78, 5) is 4.88. The Balaban J connectivity index is 1.16. The quantitative estimate of drug-likeness (QED) is 0.169. The molecule has 2 aliphatic heterocycles. The van der Waals surface area contributed by atoms with Crippen LogP contribution >= 0.6 is 0 Å². The van der Waals surface area contributed by atoms with Crippen LogP contribution in [0.2, 0.25) is 0 Å². The van der Waals surface area contributed by atoms with Crippen molar-refractivity contribution in [3.8, 4) is 22.6 Å². The Morgan fingerprint density at radius 3 is 1.69 bits per heavy atom. The molecule has 2 heterocycles. The molecule has 0 fully saturated rings. The van der Waals surface area contributed by atoms with Gasteiger partial charge in [0.15, 0.2) is 11.5 Å². The molecule has 0 aliphatic carbocycles. The number of para-hydroxylation sites is 2. The summed E-state index contributed by atoms with van der Waals surface area (Å²) in [6, 6.07) is 64.1. The number of hydrogen-bond acceptors (Lipinski definition) is 3. The van der Waals surface area contributed by atoms with Crippen LogP contribution in [0.1, 0.15) is 30.5 Å². The highest BCUT2D eigenvalue weighted by atomic mass is 16.5. The van der Waals surface area contributed by atoms with Crippen LogP contribution in [0.25, 0.3) is 43.4 Å². The molecule has 0 aromatic heterocycles. The maximum atomic E-state index is 6.63. The van der Waals surface area contributed by atoms with Gasteiger partial charge in [-0.3, -0.25) is 0 Å². The molecule has 3 heteroatoms. The van der Waals surface area contributed by atoms with Crippen LogP contribution in [-0.4, -0.2) is 0 Å². The summed E-state index contributed by atoms with van der Waals surface area (Å²) in [7, 11) is 0. The van der Waals surface area contributed by atoms with Crippen molar-refractivity contribution in [3.05, 3.63) is 193 Å². The van der Waals surface area contributed by atoms with E-state index in [0.717, 1.165) is 39.9 Å². The molecule has 3 nitrogen and oxygen atoms in total. The van der Waals surface area contributed by atoms with Gasteiger partial charge in [-0.25, -0.2) is 0 Å². The van der Waals surface area contributed by atoms with Crippen LogP contribution < -0.4 is 14.5 Å². The van der Waals surface area contributed by atoms with Crippen molar-refractivity contribution in [3.63, 3.8) is 0 Å². The smallest absolute Gasteiger partial charge is 0.151 e. The van der Waals surface area contributed by atoms with Crippen LogP contribution in [0.3, 0.4) is 0 Å². The summed E-state index contributed by atoms with van der Waals surface area (Å²) in [5.74, 6) is 1.77. The molecule has 0 bridgehead atoms. The third kappa shape index (κ3) is 4.69. The maximum absolute atomic E-state index is 6.63. The molecule has 262 valence electrons. The van der Waals surface area contributed by atoms with E-state index in [9.17, 15) is 0 Å². The average molecular weight is 707 g/mol. The lowest BCUT2D eigenvalue weighted by atomic mass is 9.73. The molecule has 0 amide bonds. The van der Waals surface area contributed by atoms with Gasteiger partial charge in [-0.15, -0.1) is 0 Å². The zero-order valence-electron chi connectivity index (χ0n) is 31.0. The number of ether oxygens (including phenoxy) is 1. The van der Waals surface area contributed by atoms with Crippen molar-refractivity contribution in [1.29, 1.82) is 0 Å². The van der Waals surface area contributed by atoms with Gasteiger partial charge in [0.1, 0.15) is 0 Å². The summed E-state index contributed by atoms with van der Waals surface area (Å²) in [5, 5.41) is 7.59. The molecule has 0 radical (unpaired) electrons. The second kappa shape index (κ2) is 11.8. The van der Waals surface area contributed by atoms with Gasteiger partial charge >= 0.3 is 0 Å². The predicted octanol–water partition coefficient (Wildman–Crippen LogP) is 14.8. The first-order chi connectivity index (χ1) is 27.0. The van der Waals surface area contributed by atoms with Gasteiger partial charge in [-0.2, -0.15) is 0 Å². The predicted molar refractivity (Wildman–Crippen MR) is 231 cm³/mol. The highest BCUT2D eigenvalue weighted by Crippen LogP contribution is 2.61. The Labute approximate surface area is 321 Å². The molecular weight excluding hydrogens is 669 g/mol. The number of hydrogen-bond donors (Lipinski definition) is 0. The van der Waals surface area contributed by atoms with Crippen LogP contribution in [0.4, 0.5) is 34.1 Å². The monoisotopic (exact) mass is 706 g/mol. The first kappa shape index (κ1) is 31.7. The lowest BCUT2D eigenvalue weighted by molar-refractivity contribution is 0.471. The van der Waals surface area contributed by atoms with Gasteiger partial charge in [0.05, 0.1) is 17.1 Å². The SMILES string of the molecule is Cc1cccc2c1N1c3cc(N(c4ccc(-c5ccccc5)cc4)c4ccc5c6ccccc6c6ccccc6c5c4)ccc3C(C)(C)c3cccc(c31)O2. The molecule has 0 unspecified atom stereocenters. The second-order valence-corrected chi connectivity index (χ2v) is 15.4. The first-order valence-electron chi connectivity index (χ1n) is 19.1. The molecule has 0 spiro atoms. The lowest BCUT2D eigenvalue weighted by Crippen LogP contribution is -2.32. The van der Waals surface area contributed by atoms with Crippen LogP contribution in [0.15, 0.2) is 176 Å². The molecule has 9 aromatic rings. The third-order valence-electron chi connectivity index (χ3n) is 11.9. The fourth-order valence-corrected chi connectivity index (χ4v) is 9.24. The minimum absolute atomic E-state index is 0.246. The van der Waals surface area contributed by atoms with E-state index in [1.54, 1.807) is 0 Å². The topological polar surface area (TPSA) is 15.7 Å². The molecule has 9 aromatic carbocycles.